The number of hydrogen-bond acceptors (Lipinski definition) is 6. The summed E-state index contributed by atoms with van der Waals surface area (Å²) in [5, 5.41) is 15.8. The summed E-state index contributed by atoms with van der Waals surface area (Å²) >= 11 is 0. The molecule has 1 heterocycles. The number of aryl methyl sites for hydroxylation is 1. The highest BCUT2D eigenvalue weighted by Gasteiger charge is 2.46. The standard InChI is InChI=1S/C31H33N3O7S/c1-18(2)26(30(37)38)34-42(39,40)31(16-14-21(15-17-31)20-8-5-4-6-9-20)33-29(36)27-19(3)25-23(10-7-11-24(25)41-27)32-28(35)22-12-13-22/h4-11,14-16,18,22,26,34H,12-13,17H2,1-3H3,(H,32,35)(H,33,36)(H,37,38)/t26-,31?/m0/s1. The van der Waals surface area contributed by atoms with Gasteiger partial charge in [-0.05, 0) is 55.0 Å². The second-order valence-electron chi connectivity index (χ2n) is 11.1. The fourth-order valence-corrected chi connectivity index (χ4v) is 6.72. The van der Waals surface area contributed by atoms with Gasteiger partial charge in [-0.25, -0.2) is 8.42 Å². The van der Waals surface area contributed by atoms with E-state index in [1.807, 2.05) is 30.3 Å². The van der Waals surface area contributed by atoms with Gasteiger partial charge in [-0.2, -0.15) is 4.72 Å². The number of benzene rings is 2. The van der Waals surface area contributed by atoms with Crippen molar-refractivity contribution in [2.45, 2.75) is 50.9 Å². The third-order valence-electron chi connectivity index (χ3n) is 7.65. The molecule has 0 saturated heterocycles. The summed E-state index contributed by atoms with van der Waals surface area (Å²) in [6.07, 6.45) is 6.16. The van der Waals surface area contributed by atoms with E-state index < -0.39 is 38.7 Å². The molecule has 42 heavy (non-hydrogen) atoms. The number of carbonyl (C=O) groups excluding carboxylic acids is 2. The van der Waals surface area contributed by atoms with Gasteiger partial charge in [0.25, 0.3) is 5.91 Å². The molecule has 2 aliphatic rings. The van der Waals surface area contributed by atoms with Gasteiger partial charge in [-0.1, -0.05) is 62.4 Å². The van der Waals surface area contributed by atoms with Gasteiger partial charge in [0.2, 0.25) is 15.9 Å². The molecular weight excluding hydrogens is 558 g/mol. The maximum Gasteiger partial charge on any atom is 0.321 e. The van der Waals surface area contributed by atoms with Gasteiger partial charge >= 0.3 is 5.97 Å². The minimum atomic E-state index is -4.51. The van der Waals surface area contributed by atoms with Crippen molar-refractivity contribution >= 4 is 50.0 Å². The van der Waals surface area contributed by atoms with Gasteiger partial charge in [0.05, 0.1) is 5.69 Å². The van der Waals surface area contributed by atoms with Crippen LogP contribution in [-0.2, 0) is 19.6 Å². The van der Waals surface area contributed by atoms with E-state index in [1.54, 1.807) is 51.1 Å². The van der Waals surface area contributed by atoms with Crippen LogP contribution in [0.2, 0.25) is 0 Å². The number of carboxylic acids is 1. The fourth-order valence-electron chi connectivity index (χ4n) is 5.02. The van der Waals surface area contributed by atoms with Gasteiger partial charge < -0.3 is 20.2 Å². The smallest absolute Gasteiger partial charge is 0.321 e. The minimum absolute atomic E-state index is 0.0276. The lowest BCUT2D eigenvalue weighted by atomic mass is 9.96. The van der Waals surface area contributed by atoms with Crippen LogP contribution < -0.4 is 15.4 Å². The lowest BCUT2D eigenvalue weighted by Gasteiger charge is -2.34. The number of carboxylic acid groups (broad SMARTS) is 1. The highest BCUT2D eigenvalue weighted by atomic mass is 32.2. The number of aliphatic carboxylic acids is 1. The number of anilines is 1. The summed E-state index contributed by atoms with van der Waals surface area (Å²) in [7, 11) is -4.51. The first kappa shape index (κ1) is 29.3. The average molecular weight is 592 g/mol. The van der Waals surface area contributed by atoms with Crippen molar-refractivity contribution in [2.75, 3.05) is 5.32 Å². The third-order valence-corrected chi connectivity index (χ3v) is 9.58. The Hall–Kier alpha value is -4.22. The van der Waals surface area contributed by atoms with Crippen molar-refractivity contribution in [1.29, 1.82) is 0 Å². The Bertz CT molecular complexity index is 1720. The zero-order chi connectivity index (χ0) is 30.2. The van der Waals surface area contributed by atoms with Gasteiger partial charge in [0, 0.05) is 23.3 Å². The van der Waals surface area contributed by atoms with Gasteiger partial charge in [-0.15, -0.1) is 0 Å². The largest absolute Gasteiger partial charge is 0.480 e. The molecule has 0 radical (unpaired) electrons. The Labute approximate surface area is 243 Å². The summed E-state index contributed by atoms with van der Waals surface area (Å²) in [6, 6.07) is 13.0. The second-order valence-corrected chi connectivity index (χ2v) is 13.1. The Balaban J connectivity index is 1.51. The number of amides is 2. The first-order valence-corrected chi connectivity index (χ1v) is 15.3. The topological polar surface area (TPSA) is 155 Å². The fraction of sp³-hybridized carbons (Fsp3) is 0.323. The van der Waals surface area contributed by atoms with Crippen LogP contribution in [0.25, 0.3) is 16.5 Å². The first-order chi connectivity index (χ1) is 19.9. The first-order valence-electron chi connectivity index (χ1n) is 13.8. The van der Waals surface area contributed by atoms with Gasteiger partial charge in [-0.3, -0.25) is 14.4 Å². The summed E-state index contributed by atoms with van der Waals surface area (Å²) in [5.41, 5.74) is 2.91. The molecule has 3 aromatic rings. The van der Waals surface area contributed by atoms with E-state index in [4.69, 9.17) is 4.42 Å². The van der Waals surface area contributed by atoms with E-state index in [0.717, 1.165) is 24.0 Å². The Morgan fingerprint density at radius 2 is 1.76 bits per heavy atom. The van der Waals surface area contributed by atoms with Gasteiger partial charge in [0.1, 0.15) is 11.6 Å². The summed E-state index contributed by atoms with van der Waals surface area (Å²) in [6.45, 7) is 4.85. The van der Waals surface area contributed by atoms with Crippen LogP contribution in [0.1, 0.15) is 54.8 Å². The summed E-state index contributed by atoms with van der Waals surface area (Å²) < 4.78 is 36.0. The van der Waals surface area contributed by atoms with Crippen LogP contribution in [0.5, 0.6) is 0 Å². The zero-order valence-corrected chi connectivity index (χ0v) is 24.3. The van der Waals surface area contributed by atoms with E-state index in [-0.39, 0.29) is 24.0 Å². The van der Waals surface area contributed by atoms with Crippen molar-refractivity contribution in [1.82, 2.24) is 10.0 Å². The molecule has 2 atom stereocenters. The molecule has 220 valence electrons. The predicted octanol–water partition coefficient (Wildman–Crippen LogP) is 4.59. The number of rotatable bonds is 10. The zero-order valence-electron chi connectivity index (χ0n) is 23.5. The van der Waals surface area contributed by atoms with E-state index >= 15 is 0 Å². The van der Waals surface area contributed by atoms with Gasteiger partial charge in [0.15, 0.2) is 10.6 Å². The number of furan rings is 1. The lowest BCUT2D eigenvalue weighted by Crippen LogP contribution is -2.60. The third kappa shape index (κ3) is 5.62. The Morgan fingerprint density at radius 1 is 1.05 bits per heavy atom. The quantitative estimate of drug-likeness (QED) is 0.269. The Kier molecular flexibility index (Phi) is 7.82. The molecule has 1 aromatic heterocycles. The summed E-state index contributed by atoms with van der Waals surface area (Å²) in [5.74, 6) is -2.93. The van der Waals surface area contributed by atoms with Crippen molar-refractivity contribution in [3.63, 3.8) is 0 Å². The van der Waals surface area contributed by atoms with E-state index in [2.05, 4.69) is 15.4 Å². The van der Waals surface area contributed by atoms with Crippen LogP contribution in [-0.4, -0.2) is 42.2 Å². The van der Waals surface area contributed by atoms with E-state index in [9.17, 15) is 27.9 Å². The molecule has 1 fully saturated rings. The molecule has 5 rings (SSSR count). The number of carbonyl (C=O) groups is 3. The average Bonchev–Trinajstić information content (AvgIpc) is 3.75. The molecule has 2 aromatic carbocycles. The molecule has 0 bridgehead atoms. The monoisotopic (exact) mass is 591 g/mol. The SMILES string of the molecule is Cc1c(C(=O)NC2(S(=O)(=O)N[C@H](C(=O)O)C(C)C)C=CC(c3ccccc3)=CC2)oc2cccc(NC(=O)C3CC3)c12. The number of hydrogen-bond donors (Lipinski definition) is 4. The second kappa shape index (κ2) is 11.2. The predicted molar refractivity (Wildman–Crippen MR) is 159 cm³/mol. The molecule has 11 heteroatoms. The summed E-state index contributed by atoms with van der Waals surface area (Å²) in [4.78, 5) is 36.1. The molecule has 2 amide bonds. The van der Waals surface area contributed by atoms with E-state index in [1.165, 1.54) is 6.08 Å². The van der Waals surface area contributed by atoms with Crippen molar-refractivity contribution in [3.05, 3.63) is 83.6 Å². The lowest BCUT2D eigenvalue weighted by molar-refractivity contribution is -0.140. The molecule has 1 saturated carbocycles. The maximum atomic E-state index is 13.9. The normalized spacial score (nSPS) is 19.4. The van der Waals surface area contributed by atoms with Crippen LogP contribution in [0.15, 0.2) is 71.2 Å². The maximum absolute atomic E-state index is 13.9. The number of fused-ring (bicyclic) bond motifs is 1. The number of nitrogens with one attached hydrogen (secondary N) is 3. The minimum Gasteiger partial charge on any atom is -0.480 e. The van der Waals surface area contributed by atoms with Crippen LogP contribution in [0.4, 0.5) is 5.69 Å². The molecule has 2 aliphatic carbocycles. The van der Waals surface area contributed by atoms with Crippen molar-refractivity contribution < 1.29 is 32.3 Å². The van der Waals surface area contributed by atoms with Crippen molar-refractivity contribution in [3.8, 4) is 0 Å². The molecule has 10 nitrogen and oxygen atoms in total. The van der Waals surface area contributed by atoms with Crippen LogP contribution in [0, 0.1) is 18.8 Å². The molecule has 4 N–H and O–H groups in total. The molecule has 0 aliphatic heterocycles. The Morgan fingerprint density at radius 3 is 2.36 bits per heavy atom. The van der Waals surface area contributed by atoms with Crippen molar-refractivity contribution in [2.24, 2.45) is 11.8 Å². The molecule has 0 spiro atoms. The highest BCUT2D eigenvalue weighted by Crippen LogP contribution is 2.36. The number of sulfonamides is 1. The van der Waals surface area contributed by atoms with Crippen LogP contribution in [0.3, 0.4) is 0 Å². The number of allylic oxidation sites excluding steroid dienone is 2. The highest BCUT2D eigenvalue weighted by molar-refractivity contribution is 7.91. The molecular formula is C31H33N3O7S. The molecule has 1 unspecified atom stereocenters. The van der Waals surface area contributed by atoms with E-state index in [0.29, 0.717) is 22.2 Å². The van der Waals surface area contributed by atoms with Crippen LogP contribution >= 0.6 is 0 Å².